The van der Waals surface area contributed by atoms with Gasteiger partial charge in [0.1, 0.15) is 0 Å². The van der Waals surface area contributed by atoms with Gasteiger partial charge in [-0.1, -0.05) is 121 Å². The highest BCUT2D eigenvalue weighted by atomic mass is 79.9. The van der Waals surface area contributed by atoms with E-state index in [4.69, 9.17) is 15.0 Å². The first-order chi connectivity index (χ1) is 23.5. The second-order valence-electron chi connectivity index (χ2n) is 12.7. The number of nitrogens with zero attached hydrogens (tertiary/aromatic N) is 3. The van der Waals surface area contributed by atoms with Crippen LogP contribution in [0.4, 0.5) is 0 Å². The van der Waals surface area contributed by atoms with Gasteiger partial charge in [-0.3, -0.25) is 0 Å². The molecule has 3 aliphatic carbocycles. The van der Waals surface area contributed by atoms with Gasteiger partial charge in [-0.2, -0.15) is 0 Å². The largest absolute Gasteiger partial charge is 0.208 e. The summed E-state index contributed by atoms with van der Waals surface area (Å²) in [6, 6.07) is 39.3. The Balaban J connectivity index is 1.19. The van der Waals surface area contributed by atoms with Gasteiger partial charge in [-0.25, -0.2) is 15.0 Å². The van der Waals surface area contributed by atoms with Crippen LogP contribution in [0, 0.1) is 0 Å². The molecule has 0 saturated heterocycles. The SMILES string of the molecule is Brc1ccc2c(c1)Cc1c(-c3nc(-c4cccc5c4Cc4cc(Br)ccc4-5)nc(-c4cccc5c4Cc4cc(Br)ccc4-5)n3)cccc1-2. The van der Waals surface area contributed by atoms with Crippen molar-refractivity contribution >= 4 is 47.8 Å². The van der Waals surface area contributed by atoms with Crippen LogP contribution in [0.3, 0.4) is 0 Å². The highest BCUT2D eigenvalue weighted by Crippen LogP contribution is 2.46. The van der Waals surface area contributed by atoms with Gasteiger partial charge in [0.15, 0.2) is 17.5 Å². The molecular formula is C42H24Br3N3. The molecule has 0 N–H and O–H groups in total. The average Bonchev–Trinajstić information content (AvgIpc) is 3.77. The van der Waals surface area contributed by atoms with Crippen molar-refractivity contribution in [2.45, 2.75) is 19.3 Å². The summed E-state index contributed by atoms with van der Waals surface area (Å²) in [5.74, 6) is 2.14. The van der Waals surface area contributed by atoms with Gasteiger partial charge in [0, 0.05) is 30.1 Å². The predicted octanol–water partition coefficient (Wildman–Crippen LogP) is 11.9. The zero-order chi connectivity index (χ0) is 32.1. The Bertz CT molecular complexity index is 2250. The first-order valence-corrected chi connectivity index (χ1v) is 18.4. The summed E-state index contributed by atoms with van der Waals surface area (Å²) < 4.78 is 3.28. The Kier molecular flexibility index (Phi) is 6.52. The number of halogens is 3. The van der Waals surface area contributed by atoms with Crippen molar-refractivity contribution in [2.24, 2.45) is 0 Å². The zero-order valence-electron chi connectivity index (χ0n) is 25.5. The Morgan fingerprint density at radius 3 is 0.938 bits per heavy atom. The van der Waals surface area contributed by atoms with Crippen LogP contribution in [-0.2, 0) is 19.3 Å². The van der Waals surface area contributed by atoms with Crippen molar-refractivity contribution in [1.29, 1.82) is 0 Å². The van der Waals surface area contributed by atoms with E-state index in [2.05, 4.69) is 157 Å². The molecule has 0 amide bonds. The lowest BCUT2D eigenvalue weighted by molar-refractivity contribution is 1.06. The third-order valence-corrected chi connectivity index (χ3v) is 11.5. The normalized spacial score (nSPS) is 13.1. The van der Waals surface area contributed by atoms with Crippen LogP contribution < -0.4 is 0 Å². The van der Waals surface area contributed by atoms with Crippen molar-refractivity contribution in [3.8, 4) is 67.5 Å². The monoisotopic (exact) mass is 807 g/mol. The molecule has 0 unspecified atom stereocenters. The fraction of sp³-hybridized carbons (Fsp3) is 0.0714. The average molecular weight is 810 g/mol. The molecule has 0 atom stereocenters. The van der Waals surface area contributed by atoms with E-state index in [1.807, 2.05) is 0 Å². The summed E-state index contributed by atoms with van der Waals surface area (Å²) in [6.45, 7) is 0. The minimum Gasteiger partial charge on any atom is -0.208 e. The van der Waals surface area contributed by atoms with E-state index >= 15 is 0 Å². The smallest absolute Gasteiger partial charge is 0.164 e. The Hall–Kier alpha value is -4.23. The zero-order valence-corrected chi connectivity index (χ0v) is 30.2. The minimum absolute atomic E-state index is 0.713. The summed E-state index contributed by atoms with van der Waals surface area (Å²) in [7, 11) is 0. The van der Waals surface area contributed by atoms with Gasteiger partial charge < -0.3 is 0 Å². The summed E-state index contributed by atoms with van der Waals surface area (Å²) in [6.07, 6.45) is 2.52. The molecule has 10 rings (SSSR count). The molecule has 6 aromatic carbocycles. The highest BCUT2D eigenvalue weighted by molar-refractivity contribution is 9.11. The molecule has 0 radical (unpaired) electrons. The Morgan fingerprint density at radius 1 is 0.333 bits per heavy atom. The quantitative estimate of drug-likeness (QED) is 0.178. The van der Waals surface area contributed by atoms with Gasteiger partial charge in [-0.15, -0.1) is 0 Å². The van der Waals surface area contributed by atoms with Gasteiger partial charge in [0.05, 0.1) is 0 Å². The topological polar surface area (TPSA) is 38.7 Å². The first kappa shape index (κ1) is 28.8. The van der Waals surface area contributed by atoms with Crippen LogP contribution >= 0.6 is 47.8 Å². The Labute approximate surface area is 303 Å². The standard InChI is InChI=1S/C42H24Br3N3/c43-25-10-13-28-22(16-25)19-37-31(28)4-1-7-34(37)40-46-41(35-8-2-5-32-29-14-11-26(44)17-23(29)20-38(32)35)48-42(47-40)36-9-3-6-33-30-15-12-27(45)18-24(30)21-39(33)36/h1-18H,19-21H2. The maximum atomic E-state index is 5.31. The first-order valence-electron chi connectivity index (χ1n) is 16.0. The number of hydrogen-bond acceptors (Lipinski definition) is 3. The number of rotatable bonds is 3. The molecule has 6 heteroatoms. The van der Waals surface area contributed by atoms with Crippen LogP contribution in [0.1, 0.15) is 33.4 Å². The molecule has 0 aliphatic heterocycles. The van der Waals surface area contributed by atoms with Gasteiger partial charge in [0.25, 0.3) is 0 Å². The highest BCUT2D eigenvalue weighted by Gasteiger charge is 2.28. The van der Waals surface area contributed by atoms with E-state index < -0.39 is 0 Å². The summed E-state index contributed by atoms with van der Waals surface area (Å²) in [4.78, 5) is 15.9. The minimum atomic E-state index is 0.713. The van der Waals surface area contributed by atoms with E-state index in [9.17, 15) is 0 Å². The molecule has 0 fully saturated rings. The van der Waals surface area contributed by atoms with Crippen LogP contribution in [0.5, 0.6) is 0 Å². The number of hydrogen-bond donors (Lipinski definition) is 0. The molecule has 0 spiro atoms. The van der Waals surface area contributed by atoms with E-state index in [0.29, 0.717) is 17.5 Å². The second kappa shape index (κ2) is 10.9. The second-order valence-corrected chi connectivity index (χ2v) is 15.5. The number of benzene rings is 6. The van der Waals surface area contributed by atoms with Crippen LogP contribution in [0.25, 0.3) is 67.5 Å². The molecule has 1 heterocycles. The Morgan fingerprint density at radius 2 is 0.625 bits per heavy atom. The fourth-order valence-electron chi connectivity index (χ4n) is 7.94. The summed E-state index contributed by atoms with van der Waals surface area (Å²) >= 11 is 11.1. The third kappa shape index (κ3) is 4.46. The lowest BCUT2D eigenvalue weighted by atomic mass is 9.98. The molecule has 3 nitrogen and oxygen atoms in total. The van der Waals surface area contributed by atoms with Gasteiger partial charge in [-0.05, 0) is 122 Å². The summed E-state index contributed by atoms with van der Waals surface area (Å²) in [5, 5.41) is 0. The van der Waals surface area contributed by atoms with Crippen LogP contribution in [0.15, 0.2) is 123 Å². The molecule has 7 aromatic rings. The molecule has 3 aliphatic rings. The summed E-state index contributed by atoms with van der Waals surface area (Å²) in [5.41, 5.74) is 18.5. The van der Waals surface area contributed by atoms with Crippen molar-refractivity contribution in [3.63, 3.8) is 0 Å². The van der Waals surface area contributed by atoms with Crippen LogP contribution in [0.2, 0.25) is 0 Å². The fourth-order valence-corrected chi connectivity index (χ4v) is 9.17. The van der Waals surface area contributed by atoms with Crippen molar-refractivity contribution in [1.82, 2.24) is 15.0 Å². The molecule has 228 valence electrons. The van der Waals surface area contributed by atoms with Crippen LogP contribution in [-0.4, -0.2) is 15.0 Å². The third-order valence-electron chi connectivity index (χ3n) is 10.1. The molecular weight excluding hydrogens is 786 g/mol. The molecule has 48 heavy (non-hydrogen) atoms. The predicted molar refractivity (Wildman–Crippen MR) is 204 cm³/mol. The van der Waals surface area contributed by atoms with Crippen molar-refractivity contribution in [3.05, 3.63) is 156 Å². The van der Waals surface area contributed by atoms with Gasteiger partial charge in [0.2, 0.25) is 0 Å². The van der Waals surface area contributed by atoms with E-state index in [1.165, 1.54) is 66.8 Å². The van der Waals surface area contributed by atoms with Gasteiger partial charge >= 0.3 is 0 Å². The lowest BCUT2D eigenvalue weighted by Gasteiger charge is -2.14. The maximum Gasteiger partial charge on any atom is 0.164 e. The molecule has 0 saturated carbocycles. The van der Waals surface area contributed by atoms with E-state index in [0.717, 1.165) is 49.4 Å². The van der Waals surface area contributed by atoms with E-state index in [1.54, 1.807) is 0 Å². The van der Waals surface area contributed by atoms with Crippen molar-refractivity contribution < 1.29 is 0 Å². The molecule has 0 bridgehead atoms. The van der Waals surface area contributed by atoms with Crippen molar-refractivity contribution in [2.75, 3.05) is 0 Å². The number of fused-ring (bicyclic) bond motifs is 9. The van der Waals surface area contributed by atoms with E-state index in [-0.39, 0.29) is 0 Å². The maximum absolute atomic E-state index is 5.31. The lowest BCUT2D eigenvalue weighted by Crippen LogP contribution is -2.04. The number of aromatic nitrogens is 3. The molecule has 1 aromatic heterocycles.